The first-order chi connectivity index (χ1) is 12.9. The Morgan fingerprint density at radius 3 is 2.37 bits per heavy atom. The van der Waals surface area contributed by atoms with E-state index in [0.717, 1.165) is 30.9 Å². The SMILES string of the molecule is CCN(CC)c1ccc(/C=N/NC(=O)C(=O)Nc2ccc(F)cc2)c(O)c1. The van der Waals surface area contributed by atoms with Gasteiger partial charge in [0, 0.05) is 36.1 Å². The lowest BCUT2D eigenvalue weighted by molar-refractivity contribution is -0.136. The summed E-state index contributed by atoms with van der Waals surface area (Å²) in [6, 6.07) is 10.1. The van der Waals surface area contributed by atoms with Crippen molar-refractivity contribution in [2.75, 3.05) is 23.3 Å². The summed E-state index contributed by atoms with van der Waals surface area (Å²) in [5.74, 6) is -2.38. The largest absolute Gasteiger partial charge is 0.507 e. The lowest BCUT2D eigenvalue weighted by atomic mass is 10.2. The molecule has 3 N–H and O–H groups in total. The van der Waals surface area contributed by atoms with Crippen LogP contribution in [0.4, 0.5) is 15.8 Å². The van der Waals surface area contributed by atoms with Gasteiger partial charge >= 0.3 is 11.8 Å². The van der Waals surface area contributed by atoms with Crippen molar-refractivity contribution in [2.45, 2.75) is 13.8 Å². The van der Waals surface area contributed by atoms with Gasteiger partial charge < -0.3 is 15.3 Å². The molecule has 0 aliphatic rings. The van der Waals surface area contributed by atoms with Crippen LogP contribution in [-0.2, 0) is 9.59 Å². The number of anilines is 2. The minimum absolute atomic E-state index is 0.00756. The Balaban J connectivity index is 1.94. The third-order valence-corrected chi connectivity index (χ3v) is 3.82. The summed E-state index contributed by atoms with van der Waals surface area (Å²) in [4.78, 5) is 25.5. The van der Waals surface area contributed by atoms with Crippen LogP contribution in [0.2, 0.25) is 0 Å². The molecule has 0 heterocycles. The highest BCUT2D eigenvalue weighted by Crippen LogP contribution is 2.23. The summed E-state index contributed by atoms with van der Waals surface area (Å²) >= 11 is 0. The number of benzene rings is 2. The summed E-state index contributed by atoms with van der Waals surface area (Å²) in [5, 5.41) is 16.1. The van der Waals surface area contributed by atoms with E-state index in [1.54, 1.807) is 12.1 Å². The number of amides is 2. The van der Waals surface area contributed by atoms with Gasteiger partial charge in [-0.25, -0.2) is 9.82 Å². The normalized spacial score (nSPS) is 10.6. The molecule has 27 heavy (non-hydrogen) atoms. The van der Waals surface area contributed by atoms with Gasteiger partial charge in [-0.2, -0.15) is 5.10 Å². The Hall–Kier alpha value is -3.42. The Morgan fingerprint density at radius 1 is 1.11 bits per heavy atom. The number of carbonyl (C=O) groups excluding carboxylic acids is 2. The number of nitrogens with zero attached hydrogens (tertiary/aromatic N) is 2. The van der Waals surface area contributed by atoms with Crippen LogP contribution in [0.3, 0.4) is 0 Å². The highest BCUT2D eigenvalue weighted by Gasteiger charge is 2.13. The zero-order chi connectivity index (χ0) is 19.8. The van der Waals surface area contributed by atoms with Gasteiger partial charge in [-0.05, 0) is 50.2 Å². The zero-order valence-electron chi connectivity index (χ0n) is 15.1. The molecule has 0 saturated heterocycles. The maximum Gasteiger partial charge on any atom is 0.329 e. The molecule has 7 nitrogen and oxygen atoms in total. The van der Waals surface area contributed by atoms with E-state index in [0.29, 0.717) is 5.56 Å². The van der Waals surface area contributed by atoms with E-state index in [9.17, 15) is 19.1 Å². The van der Waals surface area contributed by atoms with Gasteiger partial charge in [-0.15, -0.1) is 0 Å². The number of hydrazone groups is 1. The molecule has 142 valence electrons. The number of nitrogens with one attached hydrogen (secondary N) is 2. The monoisotopic (exact) mass is 372 g/mol. The average molecular weight is 372 g/mol. The van der Waals surface area contributed by atoms with Crippen LogP contribution in [-0.4, -0.2) is 36.2 Å². The molecule has 0 saturated carbocycles. The van der Waals surface area contributed by atoms with Crippen molar-refractivity contribution in [3.63, 3.8) is 0 Å². The lowest BCUT2D eigenvalue weighted by Gasteiger charge is -2.21. The van der Waals surface area contributed by atoms with Gasteiger partial charge in [0.1, 0.15) is 11.6 Å². The predicted octanol–water partition coefficient (Wildman–Crippen LogP) is 2.47. The Morgan fingerprint density at radius 2 is 1.78 bits per heavy atom. The molecule has 2 amide bonds. The van der Waals surface area contributed by atoms with Gasteiger partial charge in [0.25, 0.3) is 0 Å². The third kappa shape index (κ3) is 5.53. The molecule has 2 aromatic carbocycles. The van der Waals surface area contributed by atoms with E-state index < -0.39 is 17.6 Å². The topological polar surface area (TPSA) is 94.0 Å². The molecule has 0 aromatic heterocycles. The number of aromatic hydroxyl groups is 1. The van der Waals surface area contributed by atoms with Crippen LogP contribution in [0.25, 0.3) is 0 Å². The van der Waals surface area contributed by atoms with Crippen molar-refractivity contribution in [3.05, 3.63) is 53.8 Å². The Bertz CT molecular complexity index is 833. The van der Waals surface area contributed by atoms with Crippen molar-refractivity contribution >= 4 is 29.4 Å². The Kier molecular flexibility index (Phi) is 6.87. The molecule has 2 aromatic rings. The quantitative estimate of drug-likeness (QED) is 0.412. The molecule has 0 bridgehead atoms. The average Bonchev–Trinajstić information content (AvgIpc) is 2.66. The second-order valence-electron chi connectivity index (χ2n) is 5.58. The minimum Gasteiger partial charge on any atom is -0.507 e. The molecule has 8 heteroatoms. The number of rotatable bonds is 6. The molecule has 2 rings (SSSR count). The Labute approximate surface area is 156 Å². The molecule has 0 aliphatic heterocycles. The van der Waals surface area contributed by atoms with Crippen LogP contribution in [0, 0.1) is 5.82 Å². The fourth-order valence-corrected chi connectivity index (χ4v) is 2.36. The van der Waals surface area contributed by atoms with Gasteiger partial charge in [0.2, 0.25) is 0 Å². The number of hydrogen-bond acceptors (Lipinski definition) is 5. The number of hydrogen-bond donors (Lipinski definition) is 3. The maximum atomic E-state index is 12.8. The highest BCUT2D eigenvalue weighted by molar-refractivity contribution is 6.39. The summed E-state index contributed by atoms with van der Waals surface area (Å²) in [5.41, 5.74) is 3.62. The number of phenolic OH excluding ortho intramolecular Hbond substituents is 1. The van der Waals surface area contributed by atoms with Crippen LogP contribution in [0.5, 0.6) is 5.75 Å². The smallest absolute Gasteiger partial charge is 0.329 e. The van der Waals surface area contributed by atoms with Gasteiger partial charge in [-0.3, -0.25) is 9.59 Å². The summed E-state index contributed by atoms with van der Waals surface area (Å²) in [7, 11) is 0. The summed E-state index contributed by atoms with van der Waals surface area (Å²) in [6.45, 7) is 5.65. The number of halogens is 1. The molecule has 0 fully saturated rings. The lowest BCUT2D eigenvalue weighted by Crippen LogP contribution is -2.32. The van der Waals surface area contributed by atoms with Crippen molar-refractivity contribution in [1.29, 1.82) is 0 Å². The first-order valence-corrected chi connectivity index (χ1v) is 8.42. The summed E-state index contributed by atoms with van der Waals surface area (Å²) in [6.07, 6.45) is 1.24. The zero-order valence-corrected chi connectivity index (χ0v) is 15.1. The third-order valence-electron chi connectivity index (χ3n) is 3.82. The fourth-order valence-electron chi connectivity index (χ4n) is 2.36. The number of carbonyl (C=O) groups is 2. The standard InChI is InChI=1S/C19H21FN4O3/c1-3-24(4-2)16-10-5-13(17(25)11-16)12-21-23-19(27)18(26)22-15-8-6-14(20)7-9-15/h5-12,25H,3-4H2,1-2H3,(H,22,26)(H,23,27)/b21-12+. The molecular formula is C19H21FN4O3. The molecule has 0 aliphatic carbocycles. The van der Waals surface area contributed by atoms with E-state index in [-0.39, 0.29) is 11.4 Å². The van der Waals surface area contributed by atoms with E-state index in [1.807, 2.05) is 19.9 Å². The van der Waals surface area contributed by atoms with Crippen LogP contribution in [0.1, 0.15) is 19.4 Å². The second-order valence-corrected chi connectivity index (χ2v) is 5.58. The van der Waals surface area contributed by atoms with Crippen LogP contribution in [0.15, 0.2) is 47.6 Å². The van der Waals surface area contributed by atoms with Crippen LogP contribution >= 0.6 is 0 Å². The molecule has 0 radical (unpaired) electrons. The van der Waals surface area contributed by atoms with Crippen molar-refractivity contribution in [2.24, 2.45) is 5.10 Å². The fraction of sp³-hybridized carbons (Fsp3) is 0.211. The van der Waals surface area contributed by atoms with Crippen LogP contribution < -0.4 is 15.6 Å². The van der Waals surface area contributed by atoms with E-state index in [4.69, 9.17) is 0 Å². The van der Waals surface area contributed by atoms with Gasteiger partial charge in [-0.1, -0.05) is 0 Å². The van der Waals surface area contributed by atoms with Crippen molar-refractivity contribution < 1.29 is 19.1 Å². The van der Waals surface area contributed by atoms with Crippen molar-refractivity contribution in [1.82, 2.24) is 5.43 Å². The minimum atomic E-state index is -0.991. The van der Waals surface area contributed by atoms with E-state index >= 15 is 0 Å². The first kappa shape index (κ1) is 19.9. The van der Waals surface area contributed by atoms with Gasteiger partial charge in [0.15, 0.2) is 0 Å². The highest BCUT2D eigenvalue weighted by atomic mass is 19.1. The molecular weight excluding hydrogens is 351 g/mol. The molecule has 0 spiro atoms. The predicted molar refractivity (Wildman–Crippen MR) is 102 cm³/mol. The maximum absolute atomic E-state index is 12.8. The molecule has 0 unspecified atom stereocenters. The van der Waals surface area contributed by atoms with E-state index in [2.05, 4.69) is 20.7 Å². The second kappa shape index (κ2) is 9.33. The van der Waals surface area contributed by atoms with Gasteiger partial charge in [0.05, 0.1) is 6.21 Å². The van der Waals surface area contributed by atoms with E-state index in [1.165, 1.54) is 18.3 Å². The number of phenols is 1. The van der Waals surface area contributed by atoms with Crippen molar-refractivity contribution in [3.8, 4) is 5.75 Å². The molecule has 0 atom stereocenters. The first-order valence-electron chi connectivity index (χ1n) is 8.42. The summed E-state index contributed by atoms with van der Waals surface area (Å²) < 4.78 is 12.8.